The summed E-state index contributed by atoms with van der Waals surface area (Å²) in [5, 5.41) is 12.0. The normalized spacial score (nSPS) is 11.7. The van der Waals surface area contributed by atoms with Gasteiger partial charge < -0.3 is 20.1 Å². The molecule has 1 amide bonds. The van der Waals surface area contributed by atoms with E-state index in [-0.39, 0.29) is 11.5 Å². The number of ether oxygens (including phenoxy) is 1. The monoisotopic (exact) mass is 358 g/mol. The smallest absolute Gasteiger partial charge is 0.330 e. The highest BCUT2D eigenvalue weighted by atomic mass is 16.5. The molecule has 0 aliphatic carbocycles. The number of aliphatic carboxylic acids is 1. The van der Waals surface area contributed by atoms with Crippen LogP contribution in [0, 0.1) is 6.92 Å². The van der Waals surface area contributed by atoms with Gasteiger partial charge in [-0.25, -0.2) is 4.79 Å². The van der Waals surface area contributed by atoms with Gasteiger partial charge >= 0.3 is 5.97 Å². The lowest BCUT2D eigenvalue weighted by molar-refractivity contribution is -0.139. The van der Waals surface area contributed by atoms with Crippen LogP contribution in [-0.2, 0) is 11.2 Å². The predicted molar refractivity (Wildman–Crippen MR) is 95.7 cm³/mol. The maximum atomic E-state index is 12.7. The van der Waals surface area contributed by atoms with Crippen LogP contribution in [0.15, 0.2) is 24.3 Å². The van der Waals surface area contributed by atoms with E-state index in [1.54, 1.807) is 31.2 Å². The number of amides is 1. The minimum atomic E-state index is -1.22. The molecule has 1 aromatic carbocycles. The zero-order valence-corrected chi connectivity index (χ0v) is 15.2. The Kier molecular flexibility index (Phi) is 5.82. The fraction of sp³-hybridized carbons (Fsp3) is 0.316. The molecule has 3 N–H and O–H groups in total. The Morgan fingerprint density at radius 2 is 1.85 bits per heavy atom. The number of methoxy groups -OCH3 is 1. The number of ketones is 1. The van der Waals surface area contributed by atoms with Gasteiger partial charge in [0.05, 0.1) is 7.11 Å². The largest absolute Gasteiger partial charge is 0.497 e. The second kappa shape index (κ2) is 7.86. The number of aryl methyl sites for hydroxylation is 1. The predicted octanol–water partition coefficient (Wildman–Crippen LogP) is 2.65. The van der Waals surface area contributed by atoms with Crippen molar-refractivity contribution in [3.63, 3.8) is 0 Å². The van der Waals surface area contributed by atoms with Gasteiger partial charge in [0.2, 0.25) is 0 Å². The molecule has 1 unspecified atom stereocenters. The number of benzene rings is 1. The third-order valence-electron chi connectivity index (χ3n) is 4.20. The highest BCUT2D eigenvalue weighted by Crippen LogP contribution is 2.22. The molecule has 1 heterocycles. The molecule has 0 radical (unpaired) electrons. The standard InChI is InChI=1S/C19H22N2O5/c1-5-14-15(11(3)22)10(2)20-17(14)18(23)21-16(19(24)25)12-6-8-13(26-4)9-7-12/h6-9,16,20H,5H2,1-4H3,(H,21,23)(H,24,25). The Hall–Kier alpha value is -3.09. The van der Waals surface area contributed by atoms with Gasteiger partial charge in [0.1, 0.15) is 11.4 Å². The van der Waals surface area contributed by atoms with E-state index in [1.807, 2.05) is 6.92 Å². The van der Waals surface area contributed by atoms with Gasteiger partial charge in [0, 0.05) is 11.3 Å². The average molecular weight is 358 g/mol. The molecule has 2 aromatic rings. The van der Waals surface area contributed by atoms with Crippen molar-refractivity contribution in [3.8, 4) is 5.75 Å². The van der Waals surface area contributed by atoms with Crippen LogP contribution in [0.25, 0.3) is 0 Å². The van der Waals surface area contributed by atoms with Crippen molar-refractivity contribution in [2.45, 2.75) is 33.2 Å². The van der Waals surface area contributed by atoms with E-state index in [1.165, 1.54) is 14.0 Å². The van der Waals surface area contributed by atoms with E-state index in [2.05, 4.69) is 10.3 Å². The summed E-state index contributed by atoms with van der Waals surface area (Å²) >= 11 is 0. The maximum Gasteiger partial charge on any atom is 0.330 e. The summed E-state index contributed by atoms with van der Waals surface area (Å²) in [6.45, 7) is 4.99. The fourth-order valence-corrected chi connectivity index (χ4v) is 2.99. The SMILES string of the molecule is CCc1c(C(=O)NC(C(=O)O)c2ccc(OC)cc2)[nH]c(C)c1C(C)=O. The van der Waals surface area contributed by atoms with Crippen molar-refractivity contribution in [2.75, 3.05) is 7.11 Å². The Bertz CT molecular complexity index is 836. The van der Waals surface area contributed by atoms with Gasteiger partial charge in [-0.15, -0.1) is 0 Å². The highest BCUT2D eigenvalue weighted by Gasteiger charge is 2.27. The number of rotatable bonds is 7. The van der Waals surface area contributed by atoms with Gasteiger partial charge in [0.25, 0.3) is 5.91 Å². The van der Waals surface area contributed by atoms with Crippen LogP contribution in [-0.4, -0.2) is 34.9 Å². The topological polar surface area (TPSA) is 108 Å². The van der Waals surface area contributed by atoms with Crippen LogP contribution in [0.2, 0.25) is 0 Å². The molecule has 0 saturated heterocycles. The summed E-state index contributed by atoms with van der Waals surface area (Å²) in [5.74, 6) is -1.31. The lowest BCUT2D eigenvalue weighted by Crippen LogP contribution is -2.34. The summed E-state index contributed by atoms with van der Waals surface area (Å²) in [7, 11) is 1.51. The van der Waals surface area contributed by atoms with E-state index < -0.39 is 17.9 Å². The number of H-pyrrole nitrogens is 1. The number of nitrogens with one attached hydrogen (secondary N) is 2. The summed E-state index contributed by atoms with van der Waals surface area (Å²) in [6, 6.07) is 5.20. The van der Waals surface area contributed by atoms with Gasteiger partial charge in [-0.3, -0.25) is 9.59 Å². The number of Topliss-reactive ketones (excluding diaryl/α,β-unsaturated/α-hetero) is 1. The van der Waals surface area contributed by atoms with E-state index >= 15 is 0 Å². The summed E-state index contributed by atoms with van der Waals surface area (Å²) in [4.78, 5) is 39.1. The third kappa shape index (κ3) is 3.77. The van der Waals surface area contributed by atoms with Gasteiger partial charge in [-0.1, -0.05) is 19.1 Å². The van der Waals surface area contributed by atoms with Crippen molar-refractivity contribution in [3.05, 3.63) is 52.3 Å². The van der Waals surface area contributed by atoms with Crippen molar-refractivity contribution >= 4 is 17.7 Å². The van der Waals surface area contributed by atoms with Crippen molar-refractivity contribution < 1.29 is 24.2 Å². The lowest BCUT2D eigenvalue weighted by atomic mass is 10.0. The quantitative estimate of drug-likeness (QED) is 0.659. The lowest BCUT2D eigenvalue weighted by Gasteiger charge is -2.15. The summed E-state index contributed by atoms with van der Waals surface area (Å²) < 4.78 is 5.06. The van der Waals surface area contributed by atoms with Crippen LogP contribution in [0.3, 0.4) is 0 Å². The number of hydrogen-bond acceptors (Lipinski definition) is 4. The first kappa shape index (κ1) is 19.2. The highest BCUT2D eigenvalue weighted by molar-refractivity contribution is 6.03. The number of hydrogen-bond donors (Lipinski definition) is 3. The first-order valence-electron chi connectivity index (χ1n) is 8.20. The number of carboxylic acid groups (broad SMARTS) is 1. The molecule has 0 saturated carbocycles. The third-order valence-corrected chi connectivity index (χ3v) is 4.20. The Labute approximate surface area is 151 Å². The molecule has 1 atom stereocenters. The molecule has 0 aliphatic heterocycles. The Morgan fingerprint density at radius 1 is 1.23 bits per heavy atom. The molecule has 26 heavy (non-hydrogen) atoms. The number of carbonyl (C=O) groups excluding carboxylic acids is 2. The van der Waals surface area contributed by atoms with Crippen molar-refractivity contribution in [1.82, 2.24) is 10.3 Å². The summed E-state index contributed by atoms with van der Waals surface area (Å²) in [6.07, 6.45) is 0.474. The molecule has 7 heteroatoms. The molecule has 2 rings (SSSR count). The van der Waals surface area contributed by atoms with E-state index in [9.17, 15) is 19.5 Å². The second-order valence-electron chi connectivity index (χ2n) is 5.91. The first-order valence-corrected chi connectivity index (χ1v) is 8.20. The zero-order valence-electron chi connectivity index (χ0n) is 15.2. The van der Waals surface area contributed by atoms with Crippen LogP contribution < -0.4 is 10.1 Å². The van der Waals surface area contributed by atoms with E-state index in [4.69, 9.17) is 4.74 Å². The van der Waals surface area contributed by atoms with Crippen LogP contribution in [0.4, 0.5) is 0 Å². The van der Waals surface area contributed by atoms with Gasteiger partial charge in [-0.2, -0.15) is 0 Å². The van der Waals surface area contributed by atoms with Crippen molar-refractivity contribution in [2.24, 2.45) is 0 Å². The first-order chi connectivity index (χ1) is 12.3. The molecule has 7 nitrogen and oxygen atoms in total. The molecule has 0 aliphatic rings. The van der Waals surface area contributed by atoms with Gasteiger partial charge in [0.15, 0.2) is 11.8 Å². The number of aromatic nitrogens is 1. The average Bonchev–Trinajstić information content (AvgIpc) is 2.96. The Balaban J connectivity index is 2.35. The number of aromatic amines is 1. The zero-order chi connectivity index (χ0) is 19.4. The molecule has 0 bridgehead atoms. The van der Waals surface area contributed by atoms with E-state index in [0.29, 0.717) is 34.6 Å². The second-order valence-corrected chi connectivity index (χ2v) is 5.91. The molecular formula is C19H22N2O5. The number of carbonyl (C=O) groups is 3. The van der Waals surface area contributed by atoms with Gasteiger partial charge in [-0.05, 0) is 43.5 Å². The molecule has 138 valence electrons. The number of carboxylic acids is 1. The molecule has 0 fully saturated rings. The van der Waals surface area contributed by atoms with Crippen LogP contribution >= 0.6 is 0 Å². The van der Waals surface area contributed by atoms with Crippen molar-refractivity contribution in [1.29, 1.82) is 0 Å². The Morgan fingerprint density at radius 3 is 2.31 bits per heavy atom. The minimum absolute atomic E-state index is 0.139. The van der Waals surface area contributed by atoms with Crippen LogP contribution in [0.5, 0.6) is 5.75 Å². The van der Waals surface area contributed by atoms with E-state index in [0.717, 1.165) is 0 Å². The minimum Gasteiger partial charge on any atom is -0.497 e. The fourth-order valence-electron chi connectivity index (χ4n) is 2.99. The molecule has 1 aromatic heterocycles. The maximum absolute atomic E-state index is 12.7. The summed E-state index contributed by atoms with van der Waals surface area (Å²) in [5.41, 5.74) is 2.30. The molecule has 0 spiro atoms. The molecular weight excluding hydrogens is 336 g/mol. The van der Waals surface area contributed by atoms with Crippen LogP contribution in [0.1, 0.15) is 57.6 Å².